The van der Waals surface area contributed by atoms with Gasteiger partial charge in [-0.3, -0.25) is 0 Å². The summed E-state index contributed by atoms with van der Waals surface area (Å²) in [5, 5.41) is 2.45. The van der Waals surface area contributed by atoms with Crippen LogP contribution in [0, 0.1) is 0 Å². The summed E-state index contributed by atoms with van der Waals surface area (Å²) in [6.07, 6.45) is 0.315. The fourth-order valence-electron chi connectivity index (χ4n) is 7.91. The zero-order valence-corrected chi connectivity index (χ0v) is 28.1. The number of rotatable bonds is 10. The molecule has 4 nitrogen and oxygen atoms in total. The quantitative estimate of drug-likeness (QED) is 0.137. The van der Waals surface area contributed by atoms with Crippen molar-refractivity contribution in [2.24, 2.45) is 0 Å². The van der Waals surface area contributed by atoms with E-state index >= 15 is 0 Å². The van der Waals surface area contributed by atoms with Crippen LogP contribution in [0.3, 0.4) is 0 Å². The normalized spacial score (nSPS) is 19.7. The molecule has 4 heteroatoms. The SMILES string of the molecule is c1ccc(-c2cc(C3(c4ccc(OCC5CO5)c(-c5ccccc5)c4)c4ccccc4-c4cc5ccccc5cc43)ccc2OCC2CO2)cc1. The van der Waals surface area contributed by atoms with Crippen LogP contribution in [0.4, 0.5) is 0 Å². The summed E-state index contributed by atoms with van der Waals surface area (Å²) in [5.74, 6) is 1.72. The molecule has 0 saturated carbocycles. The van der Waals surface area contributed by atoms with E-state index in [2.05, 4.69) is 158 Å². The van der Waals surface area contributed by atoms with Gasteiger partial charge in [0.15, 0.2) is 0 Å². The first-order chi connectivity index (χ1) is 25.3. The minimum absolute atomic E-state index is 0.158. The molecule has 1 aliphatic carbocycles. The largest absolute Gasteiger partial charge is 0.490 e. The van der Waals surface area contributed by atoms with Crippen molar-refractivity contribution < 1.29 is 18.9 Å². The summed E-state index contributed by atoms with van der Waals surface area (Å²) in [6.45, 7) is 2.58. The van der Waals surface area contributed by atoms with Gasteiger partial charge in [-0.05, 0) is 91.7 Å². The molecule has 0 amide bonds. The third-order valence-corrected chi connectivity index (χ3v) is 10.6. The predicted molar refractivity (Wildman–Crippen MR) is 203 cm³/mol. The van der Waals surface area contributed by atoms with E-state index in [-0.39, 0.29) is 12.2 Å². The van der Waals surface area contributed by atoms with Crippen LogP contribution < -0.4 is 9.47 Å². The highest BCUT2D eigenvalue weighted by atomic mass is 16.6. The minimum atomic E-state index is -0.640. The first kappa shape index (κ1) is 30.2. The van der Waals surface area contributed by atoms with Gasteiger partial charge in [0.2, 0.25) is 0 Å². The molecule has 0 N–H and O–H groups in total. The van der Waals surface area contributed by atoms with Crippen molar-refractivity contribution in [2.45, 2.75) is 17.6 Å². The van der Waals surface area contributed by atoms with Crippen molar-refractivity contribution in [3.05, 3.63) is 180 Å². The molecule has 0 bridgehead atoms. The Labute approximate surface area is 297 Å². The summed E-state index contributed by atoms with van der Waals surface area (Å²) in [5.41, 5.74) is 11.1. The maximum atomic E-state index is 6.46. The molecule has 2 unspecified atom stereocenters. The van der Waals surface area contributed by atoms with Crippen LogP contribution in [-0.2, 0) is 14.9 Å². The van der Waals surface area contributed by atoms with Gasteiger partial charge in [-0.2, -0.15) is 0 Å². The first-order valence-corrected chi connectivity index (χ1v) is 17.8. The Kier molecular flexibility index (Phi) is 7.26. The standard InChI is InChI=1S/C47H36O4/c1-3-11-31(12-4-1)40-25-35(19-21-45(40)50-29-37-27-48-37)47(36-20-22-46(51-30-38-28-49-38)41(26-36)32-13-5-2-6-14-32)43-18-10-9-17-39(43)42-23-33-15-7-8-16-34(33)24-44(42)47/h1-26,37-38H,27-30H2. The van der Waals surface area contributed by atoms with E-state index in [1.165, 1.54) is 44.2 Å². The lowest BCUT2D eigenvalue weighted by Gasteiger charge is -2.35. The van der Waals surface area contributed by atoms with Gasteiger partial charge < -0.3 is 18.9 Å². The van der Waals surface area contributed by atoms with Crippen LogP contribution in [0.2, 0.25) is 0 Å². The van der Waals surface area contributed by atoms with Crippen molar-refractivity contribution >= 4 is 10.8 Å². The highest BCUT2D eigenvalue weighted by molar-refractivity contribution is 5.96. The van der Waals surface area contributed by atoms with E-state index in [1.54, 1.807) is 0 Å². The van der Waals surface area contributed by atoms with Crippen molar-refractivity contribution in [3.8, 4) is 44.9 Å². The zero-order valence-electron chi connectivity index (χ0n) is 28.1. The molecular formula is C47H36O4. The lowest BCUT2D eigenvalue weighted by atomic mass is 9.66. The van der Waals surface area contributed by atoms with Crippen LogP contribution in [0.15, 0.2) is 158 Å². The summed E-state index contributed by atoms with van der Waals surface area (Å²) in [4.78, 5) is 0. The number of hydrogen-bond acceptors (Lipinski definition) is 4. The van der Waals surface area contributed by atoms with Crippen molar-refractivity contribution in [1.82, 2.24) is 0 Å². The topological polar surface area (TPSA) is 43.5 Å². The molecule has 7 aromatic rings. The molecule has 3 aliphatic rings. The maximum absolute atomic E-state index is 6.46. The number of fused-ring (bicyclic) bond motifs is 4. The second-order valence-electron chi connectivity index (χ2n) is 13.7. The van der Waals surface area contributed by atoms with E-state index in [0.29, 0.717) is 13.2 Å². The Bertz CT molecular complexity index is 2290. The Balaban J connectivity index is 1.27. The van der Waals surface area contributed by atoms with Crippen LogP contribution in [0.5, 0.6) is 11.5 Å². The first-order valence-electron chi connectivity index (χ1n) is 17.8. The summed E-state index contributed by atoms with van der Waals surface area (Å²) >= 11 is 0. The third kappa shape index (κ3) is 5.31. The van der Waals surface area contributed by atoms with Crippen LogP contribution in [0.1, 0.15) is 22.3 Å². The molecule has 2 saturated heterocycles. The monoisotopic (exact) mass is 664 g/mol. The van der Waals surface area contributed by atoms with E-state index in [4.69, 9.17) is 18.9 Å². The summed E-state index contributed by atoms with van der Waals surface area (Å²) < 4.78 is 24.0. The van der Waals surface area contributed by atoms with E-state index in [1.807, 2.05) is 0 Å². The lowest BCUT2D eigenvalue weighted by molar-refractivity contribution is 0.263. The van der Waals surface area contributed by atoms with E-state index in [9.17, 15) is 0 Å². The third-order valence-electron chi connectivity index (χ3n) is 10.6. The van der Waals surface area contributed by atoms with Gasteiger partial charge >= 0.3 is 0 Å². The highest BCUT2D eigenvalue weighted by Crippen LogP contribution is 2.58. The van der Waals surface area contributed by atoms with Gasteiger partial charge in [-0.15, -0.1) is 0 Å². The molecule has 2 aliphatic heterocycles. The molecule has 2 heterocycles. The van der Waals surface area contributed by atoms with Crippen molar-refractivity contribution in [3.63, 3.8) is 0 Å². The molecule has 0 spiro atoms. The van der Waals surface area contributed by atoms with Gasteiger partial charge in [0.1, 0.15) is 36.9 Å². The van der Waals surface area contributed by atoms with Crippen molar-refractivity contribution in [2.75, 3.05) is 26.4 Å². The Morgan fingerprint density at radius 3 is 1.49 bits per heavy atom. The van der Waals surface area contributed by atoms with Crippen molar-refractivity contribution in [1.29, 1.82) is 0 Å². The fraction of sp³-hybridized carbons (Fsp3) is 0.149. The predicted octanol–water partition coefficient (Wildman–Crippen LogP) is 10.1. The van der Waals surface area contributed by atoms with Crippen LogP contribution in [0.25, 0.3) is 44.2 Å². The Hall–Kier alpha value is -5.68. The van der Waals surface area contributed by atoms with Gasteiger partial charge in [-0.1, -0.05) is 121 Å². The summed E-state index contributed by atoms with van der Waals surface area (Å²) in [6, 6.07) is 57.1. The smallest absolute Gasteiger partial charge is 0.127 e. The molecule has 10 rings (SSSR count). The molecule has 248 valence electrons. The van der Waals surface area contributed by atoms with E-state index in [0.717, 1.165) is 47.0 Å². The molecule has 2 fully saturated rings. The average molecular weight is 665 g/mol. The molecule has 2 atom stereocenters. The second-order valence-corrected chi connectivity index (χ2v) is 13.7. The van der Waals surface area contributed by atoms with Gasteiger partial charge in [0, 0.05) is 11.1 Å². The number of ether oxygens (including phenoxy) is 4. The Morgan fingerprint density at radius 1 is 0.451 bits per heavy atom. The molecule has 7 aromatic carbocycles. The maximum Gasteiger partial charge on any atom is 0.127 e. The number of benzene rings is 7. The number of epoxide rings is 2. The van der Waals surface area contributed by atoms with Gasteiger partial charge in [0.25, 0.3) is 0 Å². The molecular weight excluding hydrogens is 629 g/mol. The average Bonchev–Trinajstić information content (AvgIpc) is 4.15. The molecule has 0 radical (unpaired) electrons. The van der Waals surface area contributed by atoms with Gasteiger partial charge in [0.05, 0.1) is 18.6 Å². The zero-order chi connectivity index (χ0) is 33.8. The Morgan fingerprint density at radius 2 is 0.941 bits per heavy atom. The second kappa shape index (κ2) is 12.3. The lowest BCUT2D eigenvalue weighted by Crippen LogP contribution is -2.29. The minimum Gasteiger partial charge on any atom is -0.490 e. The fourth-order valence-corrected chi connectivity index (χ4v) is 7.91. The van der Waals surface area contributed by atoms with Gasteiger partial charge in [-0.25, -0.2) is 0 Å². The molecule has 0 aromatic heterocycles. The highest BCUT2D eigenvalue weighted by Gasteiger charge is 2.47. The summed E-state index contributed by atoms with van der Waals surface area (Å²) in [7, 11) is 0. The van der Waals surface area contributed by atoms with Crippen LogP contribution >= 0.6 is 0 Å². The van der Waals surface area contributed by atoms with Crippen LogP contribution in [-0.4, -0.2) is 38.6 Å². The molecule has 51 heavy (non-hydrogen) atoms. The van der Waals surface area contributed by atoms with E-state index < -0.39 is 5.41 Å². The number of hydrogen-bond donors (Lipinski definition) is 0.